The molecule has 1 aromatic carbocycles. The van der Waals surface area contributed by atoms with Crippen LogP contribution in [-0.2, 0) is 0 Å². The van der Waals surface area contributed by atoms with Gasteiger partial charge in [0.1, 0.15) is 0 Å². The fraction of sp³-hybridized carbons (Fsp3) is 0.0588. The molecule has 2 heteroatoms. The molecule has 2 aliphatic heterocycles. The van der Waals surface area contributed by atoms with E-state index < -0.39 is 0 Å². The summed E-state index contributed by atoms with van der Waals surface area (Å²) in [5.41, 5.74) is 2.49. The van der Waals surface area contributed by atoms with Crippen molar-refractivity contribution >= 4 is 10.9 Å². The Morgan fingerprint density at radius 3 is 2.84 bits per heavy atom. The number of benzene rings is 1. The van der Waals surface area contributed by atoms with E-state index in [0.29, 0.717) is 0 Å². The summed E-state index contributed by atoms with van der Waals surface area (Å²) in [5.74, 6) is 0. The molecule has 0 atom stereocenters. The van der Waals surface area contributed by atoms with Crippen molar-refractivity contribution in [2.75, 3.05) is 6.54 Å². The van der Waals surface area contributed by atoms with Crippen molar-refractivity contribution in [1.82, 2.24) is 9.88 Å². The van der Waals surface area contributed by atoms with Gasteiger partial charge in [0.15, 0.2) is 0 Å². The summed E-state index contributed by atoms with van der Waals surface area (Å²) >= 11 is 0. The predicted octanol–water partition coefficient (Wildman–Crippen LogP) is 3.99. The van der Waals surface area contributed by atoms with Crippen LogP contribution in [0.5, 0.6) is 0 Å². The van der Waals surface area contributed by atoms with E-state index in [-0.39, 0.29) is 0 Å². The first-order valence-corrected chi connectivity index (χ1v) is 6.44. The minimum absolute atomic E-state index is 1.01. The van der Waals surface area contributed by atoms with Gasteiger partial charge in [-0.15, -0.1) is 0 Å². The minimum Gasteiger partial charge on any atom is -0.361 e. The molecule has 0 radical (unpaired) electrons. The number of hydrogen-bond donors (Lipinski definition) is 1. The van der Waals surface area contributed by atoms with E-state index in [2.05, 4.69) is 70.7 Å². The second-order valence-corrected chi connectivity index (χ2v) is 4.44. The SMILES string of the molecule is C1=CCN2C=CC=CC2=C1.c1ccc2[nH]ccc2c1. The van der Waals surface area contributed by atoms with E-state index in [1.165, 1.54) is 16.6 Å². The fourth-order valence-electron chi connectivity index (χ4n) is 2.14. The maximum atomic E-state index is 3.12. The maximum Gasteiger partial charge on any atom is 0.0453 e. The van der Waals surface area contributed by atoms with Crippen LogP contribution in [-0.4, -0.2) is 16.4 Å². The van der Waals surface area contributed by atoms with Crippen molar-refractivity contribution < 1.29 is 0 Å². The number of H-pyrrole nitrogens is 1. The van der Waals surface area contributed by atoms with Gasteiger partial charge < -0.3 is 9.88 Å². The molecule has 1 N–H and O–H groups in total. The third-order valence-corrected chi connectivity index (χ3v) is 3.14. The number of allylic oxidation sites excluding steroid dienone is 5. The molecule has 19 heavy (non-hydrogen) atoms. The molecular formula is C17H16N2. The standard InChI is InChI=1S/C9H9N.C8H7N/c1-3-7-10-8-4-2-6-9(10)5-1;1-2-4-8-7(3-1)5-6-9-8/h1-7H,8H2;1-6,9H. The second-order valence-electron chi connectivity index (χ2n) is 4.44. The lowest BCUT2D eigenvalue weighted by Crippen LogP contribution is -2.18. The van der Waals surface area contributed by atoms with Crippen LogP contribution in [0, 0.1) is 0 Å². The molecule has 2 aromatic rings. The van der Waals surface area contributed by atoms with E-state index in [9.17, 15) is 0 Å². The van der Waals surface area contributed by atoms with Gasteiger partial charge in [-0.25, -0.2) is 0 Å². The summed E-state index contributed by atoms with van der Waals surface area (Å²) in [6.45, 7) is 1.01. The molecule has 0 saturated heterocycles. The third-order valence-electron chi connectivity index (χ3n) is 3.14. The number of aromatic amines is 1. The highest BCUT2D eigenvalue weighted by atomic mass is 15.1. The monoisotopic (exact) mass is 248 g/mol. The van der Waals surface area contributed by atoms with Crippen molar-refractivity contribution in [3.05, 3.63) is 84.9 Å². The molecule has 0 fully saturated rings. The minimum atomic E-state index is 1.01. The van der Waals surface area contributed by atoms with Crippen LogP contribution >= 0.6 is 0 Å². The zero-order valence-electron chi connectivity index (χ0n) is 10.7. The summed E-state index contributed by atoms with van der Waals surface area (Å²) in [5, 5.41) is 1.28. The molecule has 94 valence electrons. The number of aromatic nitrogens is 1. The average molecular weight is 248 g/mol. The quantitative estimate of drug-likeness (QED) is 0.746. The lowest BCUT2D eigenvalue weighted by molar-refractivity contribution is 0.523. The van der Waals surface area contributed by atoms with Crippen LogP contribution < -0.4 is 0 Å². The van der Waals surface area contributed by atoms with E-state index in [4.69, 9.17) is 0 Å². The molecule has 4 rings (SSSR count). The molecule has 0 spiro atoms. The first-order valence-electron chi connectivity index (χ1n) is 6.44. The first-order chi connectivity index (χ1) is 9.43. The zero-order valence-corrected chi connectivity index (χ0v) is 10.7. The van der Waals surface area contributed by atoms with Gasteiger partial charge in [0.05, 0.1) is 0 Å². The van der Waals surface area contributed by atoms with Crippen molar-refractivity contribution in [2.45, 2.75) is 0 Å². The summed E-state index contributed by atoms with van der Waals surface area (Å²) in [6.07, 6.45) is 16.6. The van der Waals surface area contributed by atoms with Crippen LogP contribution in [0.1, 0.15) is 0 Å². The van der Waals surface area contributed by atoms with Gasteiger partial charge in [-0.1, -0.05) is 36.4 Å². The van der Waals surface area contributed by atoms with Crippen LogP contribution in [0.25, 0.3) is 10.9 Å². The van der Waals surface area contributed by atoms with E-state index in [0.717, 1.165) is 6.54 Å². The van der Waals surface area contributed by atoms with Crippen molar-refractivity contribution in [3.63, 3.8) is 0 Å². The van der Waals surface area contributed by atoms with Crippen molar-refractivity contribution in [1.29, 1.82) is 0 Å². The highest BCUT2D eigenvalue weighted by Crippen LogP contribution is 2.14. The highest BCUT2D eigenvalue weighted by Gasteiger charge is 2.05. The molecule has 0 saturated carbocycles. The number of hydrogen-bond acceptors (Lipinski definition) is 1. The Hall–Kier alpha value is -2.48. The topological polar surface area (TPSA) is 19.0 Å². The Kier molecular flexibility index (Phi) is 3.32. The van der Waals surface area contributed by atoms with E-state index in [1.54, 1.807) is 0 Å². The van der Waals surface area contributed by atoms with Gasteiger partial charge in [-0.2, -0.15) is 0 Å². The summed E-state index contributed by atoms with van der Waals surface area (Å²) in [6, 6.07) is 10.3. The van der Waals surface area contributed by atoms with Gasteiger partial charge in [-0.05, 0) is 35.7 Å². The van der Waals surface area contributed by atoms with E-state index >= 15 is 0 Å². The Morgan fingerprint density at radius 1 is 1.00 bits per heavy atom. The molecular weight excluding hydrogens is 232 g/mol. The van der Waals surface area contributed by atoms with Gasteiger partial charge in [0, 0.05) is 30.2 Å². The van der Waals surface area contributed by atoms with Gasteiger partial charge in [0.25, 0.3) is 0 Å². The molecule has 0 aliphatic carbocycles. The normalized spacial score (nSPS) is 15.8. The number of fused-ring (bicyclic) bond motifs is 2. The Labute approximate surface area is 113 Å². The Balaban J connectivity index is 0.000000117. The van der Waals surface area contributed by atoms with Gasteiger partial charge in [0.2, 0.25) is 0 Å². The fourth-order valence-corrected chi connectivity index (χ4v) is 2.14. The second kappa shape index (κ2) is 5.44. The number of rotatable bonds is 0. The summed E-state index contributed by atoms with van der Waals surface area (Å²) < 4.78 is 0. The molecule has 0 bridgehead atoms. The largest absolute Gasteiger partial charge is 0.361 e. The maximum absolute atomic E-state index is 3.12. The smallest absolute Gasteiger partial charge is 0.0453 e. The zero-order chi connectivity index (χ0) is 12.9. The summed E-state index contributed by atoms with van der Waals surface area (Å²) in [4.78, 5) is 5.33. The van der Waals surface area contributed by atoms with Crippen LogP contribution in [0.2, 0.25) is 0 Å². The molecule has 3 heterocycles. The average Bonchev–Trinajstić information content (AvgIpc) is 2.96. The molecule has 0 unspecified atom stereocenters. The van der Waals surface area contributed by atoms with Gasteiger partial charge >= 0.3 is 0 Å². The molecule has 2 nitrogen and oxygen atoms in total. The Morgan fingerprint density at radius 2 is 1.95 bits per heavy atom. The van der Waals surface area contributed by atoms with Gasteiger partial charge in [-0.3, -0.25) is 0 Å². The van der Waals surface area contributed by atoms with Crippen molar-refractivity contribution in [3.8, 4) is 0 Å². The number of nitrogens with one attached hydrogen (secondary N) is 1. The van der Waals surface area contributed by atoms with Crippen LogP contribution in [0.4, 0.5) is 0 Å². The Bertz CT molecular complexity index is 641. The first kappa shape index (κ1) is 11.6. The highest BCUT2D eigenvalue weighted by molar-refractivity contribution is 5.78. The predicted molar refractivity (Wildman–Crippen MR) is 80.5 cm³/mol. The van der Waals surface area contributed by atoms with Crippen molar-refractivity contribution in [2.24, 2.45) is 0 Å². The van der Waals surface area contributed by atoms with Crippen LogP contribution in [0.15, 0.2) is 84.9 Å². The summed E-state index contributed by atoms with van der Waals surface area (Å²) in [7, 11) is 0. The number of para-hydroxylation sites is 1. The third kappa shape index (κ3) is 2.68. The molecule has 1 aromatic heterocycles. The molecule has 2 aliphatic rings. The number of nitrogens with zero attached hydrogens (tertiary/aromatic N) is 1. The lowest BCUT2D eigenvalue weighted by atomic mass is 10.2. The molecule has 0 amide bonds. The van der Waals surface area contributed by atoms with Crippen LogP contribution in [0.3, 0.4) is 0 Å². The lowest BCUT2D eigenvalue weighted by Gasteiger charge is -2.23. The van der Waals surface area contributed by atoms with E-state index in [1.807, 2.05) is 18.3 Å².